The number of morpholine rings is 1. The lowest BCUT2D eigenvalue weighted by molar-refractivity contribution is -0.0280. The first kappa shape index (κ1) is 18.6. The van der Waals surface area contributed by atoms with E-state index in [9.17, 15) is 12.8 Å². The molecule has 0 radical (unpaired) electrons. The van der Waals surface area contributed by atoms with Crippen LogP contribution in [-0.4, -0.2) is 52.2 Å². The Morgan fingerprint density at radius 1 is 1.48 bits per heavy atom. The van der Waals surface area contributed by atoms with Crippen LogP contribution in [0.25, 0.3) is 0 Å². The second kappa shape index (κ2) is 7.90. The van der Waals surface area contributed by atoms with Crippen LogP contribution in [0.2, 0.25) is 5.02 Å². The molecule has 0 aromatic heterocycles. The molecule has 0 aliphatic carbocycles. The average Bonchev–Trinajstić information content (AvgIpc) is 2.47. The molecule has 1 aliphatic heterocycles. The fourth-order valence-corrected chi connectivity index (χ4v) is 4.13. The van der Waals surface area contributed by atoms with Crippen LogP contribution < -0.4 is 4.72 Å². The van der Waals surface area contributed by atoms with Crippen molar-refractivity contribution < 1.29 is 17.5 Å². The smallest absolute Gasteiger partial charge is 0.242 e. The Morgan fingerprint density at radius 3 is 2.91 bits per heavy atom. The molecule has 1 aromatic carbocycles. The summed E-state index contributed by atoms with van der Waals surface area (Å²) in [6.45, 7) is 7.43. The summed E-state index contributed by atoms with van der Waals surface area (Å²) < 4.78 is 45.9. The van der Waals surface area contributed by atoms with E-state index < -0.39 is 15.8 Å². The summed E-state index contributed by atoms with van der Waals surface area (Å²) in [6.07, 6.45) is -0.232. The first-order valence-electron chi connectivity index (χ1n) is 7.56. The summed E-state index contributed by atoms with van der Waals surface area (Å²) in [4.78, 5) is 2.00. The van der Waals surface area contributed by atoms with Gasteiger partial charge in [0.2, 0.25) is 10.0 Å². The maximum Gasteiger partial charge on any atom is 0.242 e. The first-order chi connectivity index (χ1) is 10.8. The van der Waals surface area contributed by atoms with Crippen molar-refractivity contribution in [3.8, 4) is 0 Å². The van der Waals surface area contributed by atoms with Gasteiger partial charge in [-0.1, -0.05) is 25.4 Å². The van der Waals surface area contributed by atoms with Gasteiger partial charge in [-0.25, -0.2) is 17.5 Å². The zero-order valence-corrected chi connectivity index (χ0v) is 14.8. The fourth-order valence-electron chi connectivity index (χ4n) is 2.55. The number of rotatable bonds is 6. The number of hydrogen-bond acceptors (Lipinski definition) is 4. The maximum atomic E-state index is 13.3. The molecular weight excluding hydrogens is 343 g/mol. The van der Waals surface area contributed by atoms with Crippen molar-refractivity contribution in [2.24, 2.45) is 5.92 Å². The predicted molar refractivity (Wildman–Crippen MR) is 87.6 cm³/mol. The number of ether oxygens (including phenoxy) is 1. The van der Waals surface area contributed by atoms with E-state index in [-0.39, 0.29) is 22.6 Å². The van der Waals surface area contributed by atoms with E-state index in [0.29, 0.717) is 19.1 Å². The van der Waals surface area contributed by atoms with E-state index in [1.54, 1.807) is 0 Å². The predicted octanol–water partition coefficient (Wildman–Crippen LogP) is 2.11. The molecular formula is C15H22ClFN2O3S. The van der Waals surface area contributed by atoms with Crippen molar-refractivity contribution in [2.45, 2.75) is 24.8 Å². The quantitative estimate of drug-likeness (QED) is 0.840. The third-order valence-electron chi connectivity index (χ3n) is 3.53. The van der Waals surface area contributed by atoms with Gasteiger partial charge in [0.25, 0.3) is 0 Å². The monoisotopic (exact) mass is 364 g/mol. The van der Waals surface area contributed by atoms with Crippen LogP contribution in [0.4, 0.5) is 4.39 Å². The second-order valence-electron chi connectivity index (χ2n) is 6.07. The van der Waals surface area contributed by atoms with Gasteiger partial charge in [0, 0.05) is 26.2 Å². The highest BCUT2D eigenvalue weighted by atomic mass is 35.5. The molecule has 1 fully saturated rings. The van der Waals surface area contributed by atoms with E-state index in [1.807, 2.05) is 0 Å². The zero-order chi connectivity index (χ0) is 17.0. The van der Waals surface area contributed by atoms with Crippen LogP contribution in [-0.2, 0) is 14.8 Å². The molecule has 2 rings (SSSR count). The van der Waals surface area contributed by atoms with E-state index >= 15 is 0 Å². The Balaban J connectivity index is 1.97. The minimum absolute atomic E-state index is 0.00935. The SMILES string of the molecule is CC(C)CN1CCOC(CNS(=O)(=O)c2cc(F)ccc2Cl)C1. The van der Waals surface area contributed by atoms with Gasteiger partial charge in [0.1, 0.15) is 10.7 Å². The molecule has 23 heavy (non-hydrogen) atoms. The fraction of sp³-hybridized carbons (Fsp3) is 0.600. The number of nitrogens with one attached hydrogen (secondary N) is 1. The van der Waals surface area contributed by atoms with E-state index in [1.165, 1.54) is 6.07 Å². The lowest BCUT2D eigenvalue weighted by Gasteiger charge is -2.33. The van der Waals surface area contributed by atoms with Crippen molar-refractivity contribution in [1.29, 1.82) is 0 Å². The average molecular weight is 365 g/mol. The molecule has 1 heterocycles. The van der Waals surface area contributed by atoms with E-state index in [0.717, 1.165) is 25.2 Å². The van der Waals surface area contributed by atoms with Crippen LogP contribution in [0.1, 0.15) is 13.8 Å². The lowest BCUT2D eigenvalue weighted by Crippen LogP contribution is -2.48. The van der Waals surface area contributed by atoms with Gasteiger partial charge in [-0.2, -0.15) is 0 Å². The Kier molecular flexibility index (Phi) is 6.39. The molecule has 1 atom stereocenters. The third kappa shape index (κ3) is 5.39. The van der Waals surface area contributed by atoms with Crippen molar-refractivity contribution in [3.05, 3.63) is 29.0 Å². The Bertz CT molecular complexity index is 640. The molecule has 8 heteroatoms. The number of halogens is 2. The normalized spacial score (nSPS) is 20.1. The molecule has 1 unspecified atom stereocenters. The van der Waals surface area contributed by atoms with Crippen molar-refractivity contribution >= 4 is 21.6 Å². The summed E-state index contributed by atoms with van der Waals surface area (Å²) >= 11 is 5.86. The topological polar surface area (TPSA) is 58.6 Å². The molecule has 0 saturated carbocycles. The molecule has 0 spiro atoms. The lowest BCUT2D eigenvalue weighted by atomic mass is 10.2. The molecule has 0 amide bonds. The molecule has 0 bridgehead atoms. The summed E-state index contributed by atoms with van der Waals surface area (Å²) in [7, 11) is -3.87. The second-order valence-corrected chi connectivity index (χ2v) is 8.22. The van der Waals surface area contributed by atoms with Gasteiger partial charge in [0.05, 0.1) is 17.7 Å². The summed E-state index contributed by atoms with van der Waals surface area (Å²) in [5.74, 6) is -0.108. The van der Waals surface area contributed by atoms with Gasteiger partial charge < -0.3 is 4.74 Å². The van der Waals surface area contributed by atoms with Crippen LogP contribution in [0, 0.1) is 11.7 Å². The van der Waals surface area contributed by atoms with Crippen LogP contribution >= 0.6 is 11.6 Å². The van der Waals surface area contributed by atoms with Crippen LogP contribution in [0.5, 0.6) is 0 Å². The largest absolute Gasteiger partial charge is 0.374 e. The summed E-state index contributed by atoms with van der Waals surface area (Å²) in [6, 6.07) is 3.26. The van der Waals surface area contributed by atoms with Crippen molar-refractivity contribution in [1.82, 2.24) is 9.62 Å². The van der Waals surface area contributed by atoms with Gasteiger partial charge in [-0.05, 0) is 24.1 Å². The minimum Gasteiger partial charge on any atom is -0.374 e. The molecule has 1 N–H and O–H groups in total. The van der Waals surface area contributed by atoms with E-state index in [4.69, 9.17) is 16.3 Å². The summed E-state index contributed by atoms with van der Waals surface area (Å²) in [5, 5.41) is -0.00935. The third-order valence-corrected chi connectivity index (χ3v) is 5.44. The zero-order valence-electron chi connectivity index (χ0n) is 13.3. The Labute approximate surface area is 141 Å². The number of hydrogen-bond donors (Lipinski definition) is 1. The Morgan fingerprint density at radius 2 is 2.22 bits per heavy atom. The van der Waals surface area contributed by atoms with E-state index in [2.05, 4.69) is 23.5 Å². The van der Waals surface area contributed by atoms with Gasteiger partial charge >= 0.3 is 0 Å². The highest BCUT2D eigenvalue weighted by molar-refractivity contribution is 7.89. The number of sulfonamides is 1. The van der Waals surface area contributed by atoms with Gasteiger partial charge in [-0.3, -0.25) is 4.90 Å². The standard InChI is InChI=1S/C15H22ClFN2O3S/c1-11(2)9-19-5-6-22-13(10-19)8-18-23(20,21)15-7-12(17)3-4-14(15)16/h3-4,7,11,13,18H,5-6,8-10H2,1-2H3. The van der Waals surface area contributed by atoms with Crippen molar-refractivity contribution in [3.63, 3.8) is 0 Å². The summed E-state index contributed by atoms with van der Waals surface area (Å²) in [5.41, 5.74) is 0. The molecule has 1 aromatic rings. The molecule has 130 valence electrons. The van der Waals surface area contributed by atoms with Gasteiger partial charge in [-0.15, -0.1) is 0 Å². The minimum atomic E-state index is -3.87. The van der Waals surface area contributed by atoms with Crippen LogP contribution in [0.3, 0.4) is 0 Å². The number of benzene rings is 1. The molecule has 1 saturated heterocycles. The van der Waals surface area contributed by atoms with Crippen molar-refractivity contribution in [2.75, 3.05) is 32.8 Å². The molecule has 5 nitrogen and oxygen atoms in total. The number of nitrogens with zero attached hydrogens (tertiary/aromatic N) is 1. The Hall–Kier alpha value is -0.730. The maximum absolute atomic E-state index is 13.3. The first-order valence-corrected chi connectivity index (χ1v) is 9.42. The highest BCUT2D eigenvalue weighted by Gasteiger charge is 2.24. The highest BCUT2D eigenvalue weighted by Crippen LogP contribution is 2.22. The van der Waals surface area contributed by atoms with Crippen LogP contribution in [0.15, 0.2) is 23.1 Å². The molecule has 1 aliphatic rings. The van der Waals surface area contributed by atoms with Gasteiger partial charge in [0.15, 0.2) is 0 Å².